The Balaban J connectivity index is 2.57. The van der Waals surface area contributed by atoms with Crippen LogP contribution in [0.4, 0.5) is 0 Å². The van der Waals surface area contributed by atoms with E-state index in [1.807, 2.05) is 26.0 Å². The minimum absolute atomic E-state index is 0.687. The Morgan fingerprint density at radius 2 is 1.71 bits per heavy atom. The molecule has 0 aliphatic carbocycles. The van der Waals surface area contributed by atoms with Crippen LogP contribution in [0, 0.1) is 25.2 Å². The molecule has 0 aromatic heterocycles. The predicted molar refractivity (Wildman–Crippen MR) is 67.2 cm³/mol. The van der Waals surface area contributed by atoms with Gasteiger partial charge in [-0.25, -0.2) is 0 Å². The third kappa shape index (κ3) is 4.08. The van der Waals surface area contributed by atoms with Gasteiger partial charge in [-0.15, -0.1) is 0 Å². The highest BCUT2D eigenvalue weighted by Gasteiger charge is 2.06. The van der Waals surface area contributed by atoms with Crippen molar-refractivity contribution >= 4 is 0 Å². The van der Waals surface area contributed by atoms with Gasteiger partial charge >= 0.3 is 0 Å². The van der Waals surface area contributed by atoms with Crippen LogP contribution in [0.5, 0.6) is 5.75 Å². The van der Waals surface area contributed by atoms with E-state index in [2.05, 4.69) is 6.07 Å². The van der Waals surface area contributed by atoms with E-state index in [4.69, 9.17) is 14.7 Å². The molecule has 17 heavy (non-hydrogen) atoms. The molecule has 0 saturated carbocycles. The zero-order valence-electron chi connectivity index (χ0n) is 10.7. The van der Waals surface area contributed by atoms with Crippen LogP contribution in [0.3, 0.4) is 0 Å². The lowest BCUT2D eigenvalue weighted by molar-refractivity contribution is 0.184. The zero-order chi connectivity index (χ0) is 12.7. The first kappa shape index (κ1) is 13.5. The average Bonchev–Trinajstić information content (AvgIpc) is 2.31. The van der Waals surface area contributed by atoms with E-state index in [0.29, 0.717) is 12.2 Å². The number of ether oxygens (including phenoxy) is 2. The minimum Gasteiger partial charge on any atom is -0.493 e. The van der Waals surface area contributed by atoms with E-state index in [1.54, 1.807) is 7.11 Å². The first-order chi connectivity index (χ1) is 8.19. The van der Waals surface area contributed by atoms with Crippen LogP contribution in [0.2, 0.25) is 0 Å². The highest BCUT2D eigenvalue weighted by molar-refractivity contribution is 5.47. The molecule has 3 nitrogen and oxygen atoms in total. The second-order valence-electron chi connectivity index (χ2n) is 4.10. The van der Waals surface area contributed by atoms with Gasteiger partial charge in [-0.2, -0.15) is 5.26 Å². The van der Waals surface area contributed by atoms with Crippen molar-refractivity contribution in [3.05, 3.63) is 28.8 Å². The lowest BCUT2D eigenvalue weighted by Crippen LogP contribution is -2.02. The van der Waals surface area contributed by atoms with Crippen molar-refractivity contribution in [3.8, 4) is 11.8 Å². The molecule has 0 atom stereocenters. The van der Waals surface area contributed by atoms with Crippen molar-refractivity contribution in [1.82, 2.24) is 0 Å². The van der Waals surface area contributed by atoms with Crippen LogP contribution in [-0.2, 0) is 4.74 Å². The molecule has 0 unspecified atom stereocenters. The molecule has 0 aliphatic rings. The Kier molecular flexibility index (Phi) is 5.51. The third-order valence-electron chi connectivity index (χ3n) is 2.58. The SMILES string of the molecule is COCCCCOc1c(C)cc(C#N)cc1C. The highest BCUT2D eigenvalue weighted by atomic mass is 16.5. The van der Waals surface area contributed by atoms with Crippen LogP contribution in [0.1, 0.15) is 29.5 Å². The number of benzene rings is 1. The monoisotopic (exact) mass is 233 g/mol. The van der Waals surface area contributed by atoms with Gasteiger partial charge < -0.3 is 9.47 Å². The number of aryl methyl sites for hydroxylation is 2. The summed E-state index contributed by atoms with van der Waals surface area (Å²) in [5, 5.41) is 8.85. The molecule has 1 aromatic carbocycles. The Morgan fingerprint density at radius 1 is 1.12 bits per heavy atom. The smallest absolute Gasteiger partial charge is 0.125 e. The molecule has 0 N–H and O–H groups in total. The summed E-state index contributed by atoms with van der Waals surface area (Å²) in [6.45, 7) is 5.41. The van der Waals surface area contributed by atoms with Crippen LogP contribution in [-0.4, -0.2) is 20.3 Å². The summed E-state index contributed by atoms with van der Waals surface area (Å²) in [5.74, 6) is 0.904. The Labute approximate surface area is 103 Å². The van der Waals surface area contributed by atoms with Gasteiger partial charge in [0.1, 0.15) is 5.75 Å². The van der Waals surface area contributed by atoms with E-state index in [-0.39, 0.29) is 0 Å². The number of nitriles is 1. The fraction of sp³-hybridized carbons (Fsp3) is 0.500. The van der Waals surface area contributed by atoms with Crippen LogP contribution in [0.25, 0.3) is 0 Å². The molecular weight excluding hydrogens is 214 g/mol. The molecule has 0 spiro atoms. The van der Waals surface area contributed by atoms with Gasteiger partial charge in [0, 0.05) is 13.7 Å². The lowest BCUT2D eigenvalue weighted by atomic mass is 10.1. The Morgan fingerprint density at radius 3 is 2.24 bits per heavy atom. The summed E-state index contributed by atoms with van der Waals surface area (Å²) in [7, 11) is 1.70. The van der Waals surface area contributed by atoms with E-state index < -0.39 is 0 Å². The molecule has 0 heterocycles. The highest BCUT2D eigenvalue weighted by Crippen LogP contribution is 2.24. The Bertz CT molecular complexity index is 384. The molecule has 1 aromatic rings. The summed E-state index contributed by atoms with van der Waals surface area (Å²) >= 11 is 0. The third-order valence-corrected chi connectivity index (χ3v) is 2.58. The molecule has 0 bridgehead atoms. The Hall–Kier alpha value is -1.53. The average molecular weight is 233 g/mol. The van der Waals surface area contributed by atoms with Gasteiger partial charge in [0.2, 0.25) is 0 Å². The maximum atomic E-state index is 8.85. The van der Waals surface area contributed by atoms with Gasteiger partial charge in [-0.3, -0.25) is 0 Å². The number of methoxy groups -OCH3 is 1. The molecule has 1 rings (SSSR count). The quantitative estimate of drug-likeness (QED) is 0.709. The summed E-state index contributed by atoms with van der Waals surface area (Å²) in [6.07, 6.45) is 1.98. The zero-order valence-corrected chi connectivity index (χ0v) is 10.7. The second kappa shape index (κ2) is 6.93. The number of hydrogen-bond donors (Lipinski definition) is 0. The number of rotatable bonds is 6. The van der Waals surface area contributed by atoms with Crippen molar-refractivity contribution in [1.29, 1.82) is 5.26 Å². The van der Waals surface area contributed by atoms with Crippen LogP contribution >= 0.6 is 0 Å². The van der Waals surface area contributed by atoms with E-state index in [1.165, 1.54) is 0 Å². The molecule has 0 saturated heterocycles. The second-order valence-corrected chi connectivity index (χ2v) is 4.10. The van der Waals surface area contributed by atoms with Crippen molar-refractivity contribution in [2.75, 3.05) is 20.3 Å². The maximum absolute atomic E-state index is 8.85. The van der Waals surface area contributed by atoms with Crippen molar-refractivity contribution in [3.63, 3.8) is 0 Å². The van der Waals surface area contributed by atoms with Crippen molar-refractivity contribution < 1.29 is 9.47 Å². The summed E-state index contributed by atoms with van der Waals surface area (Å²) in [5.41, 5.74) is 2.73. The molecule has 92 valence electrons. The van der Waals surface area contributed by atoms with Gasteiger partial charge in [-0.05, 0) is 49.9 Å². The lowest BCUT2D eigenvalue weighted by Gasteiger charge is -2.12. The molecular formula is C14H19NO2. The summed E-state index contributed by atoms with van der Waals surface area (Å²) in [4.78, 5) is 0. The molecule has 0 fully saturated rings. The first-order valence-corrected chi connectivity index (χ1v) is 5.82. The molecule has 0 aliphatic heterocycles. The predicted octanol–water partition coefficient (Wildman–Crippen LogP) is 2.98. The summed E-state index contributed by atoms with van der Waals surface area (Å²) < 4.78 is 10.7. The standard InChI is InChI=1S/C14H19NO2/c1-11-8-13(10-15)9-12(2)14(11)17-7-5-4-6-16-3/h8-9H,4-7H2,1-3H3. The largest absolute Gasteiger partial charge is 0.493 e. The first-order valence-electron chi connectivity index (χ1n) is 5.82. The van der Waals surface area contributed by atoms with Crippen LogP contribution < -0.4 is 4.74 Å². The maximum Gasteiger partial charge on any atom is 0.125 e. The van der Waals surface area contributed by atoms with Gasteiger partial charge in [0.15, 0.2) is 0 Å². The van der Waals surface area contributed by atoms with Gasteiger partial charge in [0.25, 0.3) is 0 Å². The van der Waals surface area contributed by atoms with Crippen LogP contribution in [0.15, 0.2) is 12.1 Å². The number of nitrogens with zero attached hydrogens (tertiary/aromatic N) is 1. The molecule has 3 heteroatoms. The topological polar surface area (TPSA) is 42.2 Å². The number of hydrogen-bond acceptors (Lipinski definition) is 3. The fourth-order valence-electron chi connectivity index (χ4n) is 1.77. The summed E-state index contributed by atoms with van der Waals surface area (Å²) in [6, 6.07) is 5.86. The minimum atomic E-state index is 0.687. The normalized spacial score (nSPS) is 10.0. The molecule has 0 amide bonds. The van der Waals surface area contributed by atoms with Gasteiger partial charge in [0.05, 0.1) is 18.2 Å². The van der Waals surface area contributed by atoms with Gasteiger partial charge in [-0.1, -0.05) is 0 Å². The van der Waals surface area contributed by atoms with Crippen molar-refractivity contribution in [2.24, 2.45) is 0 Å². The van der Waals surface area contributed by atoms with E-state index >= 15 is 0 Å². The van der Waals surface area contributed by atoms with Crippen molar-refractivity contribution in [2.45, 2.75) is 26.7 Å². The fourth-order valence-corrected chi connectivity index (χ4v) is 1.77. The molecule has 0 radical (unpaired) electrons. The van der Waals surface area contributed by atoms with E-state index in [0.717, 1.165) is 36.3 Å². The number of unbranched alkanes of at least 4 members (excludes halogenated alkanes) is 1. The van der Waals surface area contributed by atoms with E-state index in [9.17, 15) is 0 Å².